The second-order valence-electron chi connectivity index (χ2n) is 6.84. The summed E-state index contributed by atoms with van der Waals surface area (Å²) in [5.41, 5.74) is -1.35. The molecule has 2 aromatic rings. The van der Waals surface area contributed by atoms with Gasteiger partial charge in [0, 0.05) is 19.6 Å². The van der Waals surface area contributed by atoms with Crippen molar-refractivity contribution in [1.82, 2.24) is 4.90 Å². The van der Waals surface area contributed by atoms with E-state index in [-0.39, 0.29) is 13.1 Å². The van der Waals surface area contributed by atoms with Gasteiger partial charge in [0.25, 0.3) is 0 Å². The number of aliphatic carboxylic acids is 2. The zero-order valence-corrected chi connectivity index (χ0v) is 14.1. The van der Waals surface area contributed by atoms with E-state index in [2.05, 4.69) is 0 Å². The average molecular weight is 339 g/mol. The molecule has 1 fully saturated rings. The normalized spacial score (nSPS) is 26.4. The summed E-state index contributed by atoms with van der Waals surface area (Å²) in [6.45, 7) is 2.40. The third-order valence-electron chi connectivity index (χ3n) is 5.30. The molecule has 5 nitrogen and oxygen atoms in total. The maximum absolute atomic E-state index is 12.4. The molecule has 0 amide bonds. The van der Waals surface area contributed by atoms with Crippen LogP contribution >= 0.6 is 0 Å². The summed E-state index contributed by atoms with van der Waals surface area (Å²) in [6, 6.07) is 18.4. The van der Waals surface area contributed by atoms with Crippen LogP contribution in [0.3, 0.4) is 0 Å². The quantitative estimate of drug-likeness (QED) is 0.875. The Morgan fingerprint density at radius 3 is 2.00 bits per heavy atom. The lowest BCUT2D eigenvalue weighted by Crippen LogP contribution is -2.53. The maximum Gasteiger partial charge on any atom is 0.316 e. The molecule has 1 heterocycles. The van der Waals surface area contributed by atoms with Gasteiger partial charge >= 0.3 is 11.9 Å². The maximum atomic E-state index is 12.4. The first-order valence-electron chi connectivity index (χ1n) is 8.19. The molecule has 2 unspecified atom stereocenters. The molecule has 25 heavy (non-hydrogen) atoms. The van der Waals surface area contributed by atoms with Crippen LogP contribution < -0.4 is 0 Å². The molecule has 0 aromatic heterocycles. The van der Waals surface area contributed by atoms with Crippen molar-refractivity contribution in [3.05, 3.63) is 71.8 Å². The fraction of sp³-hybridized carbons (Fsp3) is 0.300. The number of carbonyl (C=O) groups is 2. The third kappa shape index (κ3) is 2.70. The van der Waals surface area contributed by atoms with Crippen molar-refractivity contribution in [1.29, 1.82) is 0 Å². The average Bonchev–Trinajstić information content (AvgIpc) is 2.91. The van der Waals surface area contributed by atoms with Gasteiger partial charge in [-0.25, -0.2) is 0 Å². The van der Waals surface area contributed by atoms with Crippen molar-refractivity contribution >= 4 is 11.9 Å². The molecule has 2 N–H and O–H groups in total. The molecule has 2 atom stereocenters. The molecule has 1 aliphatic heterocycles. The summed E-state index contributed by atoms with van der Waals surface area (Å²) < 4.78 is 0. The van der Waals surface area contributed by atoms with Crippen LogP contribution in [-0.4, -0.2) is 40.1 Å². The number of carboxylic acid groups (broad SMARTS) is 2. The summed E-state index contributed by atoms with van der Waals surface area (Å²) >= 11 is 0. The van der Waals surface area contributed by atoms with E-state index in [1.54, 1.807) is 37.3 Å². The smallest absolute Gasteiger partial charge is 0.316 e. The number of carboxylic acids is 2. The zero-order valence-electron chi connectivity index (χ0n) is 14.1. The molecule has 3 rings (SSSR count). The number of rotatable bonds is 5. The molecular weight excluding hydrogens is 318 g/mol. The molecular formula is C20H21NO4. The third-order valence-corrected chi connectivity index (χ3v) is 5.30. The Morgan fingerprint density at radius 2 is 1.48 bits per heavy atom. The van der Waals surface area contributed by atoms with Gasteiger partial charge in [0.15, 0.2) is 0 Å². The van der Waals surface area contributed by atoms with Crippen LogP contribution in [0, 0.1) is 5.41 Å². The van der Waals surface area contributed by atoms with E-state index >= 15 is 0 Å². The van der Waals surface area contributed by atoms with Crippen molar-refractivity contribution in [3.8, 4) is 0 Å². The van der Waals surface area contributed by atoms with Gasteiger partial charge in [-0.2, -0.15) is 0 Å². The molecule has 5 heteroatoms. The Labute approximate surface area is 146 Å². The van der Waals surface area contributed by atoms with Crippen LogP contribution in [0.1, 0.15) is 18.1 Å². The first-order valence-corrected chi connectivity index (χ1v) is 8.19. The lowest BCUT2D eigenvalue weighted by molar-refractivity contribution is -0.160. The van der Waals surface area contributed by atoms with Crippen molar-refractivity contribution < 1.29 is 19.8 Å². The van der Waals surface area contributed by atoms with Crippen LogP contribution in [0.2, 0.25) is 0 Å². The van der Waals surface area contributed by atoms with Crippen molar-refractivity contribution in [2.24, 2.45) is 5.41 Å². The minimum absolute atomic E-state index is 0.157. The van der Waals surface area contributed by atoms with Gasteiger partial charge in [-0.15, -0.1) is 0 Å². The number of likely N-dealkylation sites (tertiary alicyclic amines) is 1. The van der Waals surface area contributed by atoms with Crippen molar-refractivity contribution in [2.75, 3.05) is 13.1 Å². The second-order valence-corrected chi connectivity index (χ2v) is 6.84. The SMILES string of the molecule is CC1(C(=O)O)CN(Cc2ccccc2)CC1(C(=O)O)c1ccccc1. The van der Waals surface area contributed by atoms with Crippen molar-refractivity contribution in [3.63, 3.8) is 0 Å². The monoisotopic (exact) mass is 339 g/mol. The standard InChI is InChI=1S/C20H21NO4/c1-19(17(22)23)13-21(12-15-8-4-2-5-9-15)14-20(19,18(24)25)16-10-6-3-7-11-16/h2-11H,12-14H2,1H3,(H,22,23)(H,24,25). The number of hydrogen-bond donors (Lipinski definition) is 2. The molecule has 130 valence electrons. The van der Waals surface area contributed by atoms with Crippen LogP contribution in [-0.2, 0) is 21.5 Å². The highest BCUT2D eigenvalue weighted by molar-refractivity contribution is 5.92. The summed E-state index contributed by atoms with van der Waals surface area (Å²) in [6.07, 6.45) is 0. The van der Waals surface area contributed by atoms with E-state index in [4.69, 9.17) is 0 Å². The zero-order chi connectivity index (χ0) is 18.1. The lowest BCUT2D eigenvalue weighted by atomic mass is 9.63. The Kier molecular flexibility index (Phi) is 4.35. The van der Waals surface area contributed by atoms with E-state index in [9.17, 15) is 19.8 Å². The Bertz CT molecular complexity index is 777. The second kappa shape index (κ2) is 6.33. The van der Waals surface area contributed by atoms with E-state index in [1.165, 1.54) is 0 Å². The lowest BCUT2D eigenvalue weighted by Gasteiger charge is -2.36. The first kappa shape index (κ1) is 17.2. The highest BCUT2D eigenvalue weighted by Gasteiger charge is 2.65. The van der Waals surface area contributed by atoms with E-state index in [0.717, 1.165) is 5.56 Å². The summed E-state index contributed by atoms with van der Waals surface area (Å²) in [4.78, 5) is 26.4. The molecule has 0 radical (unpaired) electrons. The summed E-state index contributed by atoms with van der Waals surface area (Å²) in [5, 5.41) is 20.0. The fourth-order valence-electron chi connectivity index (χ4n) is 3.91. The van der Waals surface area contributed by atoms with Crippen LogP contribution in [0.4, 0.5) is 0 Å². The van der Waals surface area contributed by atoms with Gasteiger partial charge < -0.3 is 10.2 Å². The molecule has 0 bridgehead atoms. The van der Waals surface area contributed by atoms with E-state index in [1.807, 2.05) is 35.2 Å². The van der Waals surface area contributed by atoms with Gasteiger partial charge in [-0.05, 0) is 18.1 Å². The number of benzene rings is 2. The highest BCUT2D eigenvalue weighted by Crippen LogP contribution is 2.49. The van der Waals surface area contributed by atoms with Gasteiger partial charge in [0.1, 0.15) is 5.41 Å². The topological polar surface area (TPSA) is 77.8 Å². The highest BCUT2D eigenvalue weighted by atomic mass is 16.4. The minimum Gasteiger partial charge on any atom is -0.481 e. The minimum atomic E-state index is -1.49. The largest absolute Gasteiger partial charge is 0.481 e. The van der Waals surface area contributed by atoms with Crippen LogP contribution in [0.25, 0.3) is 0 Å². The summed E-state index contributed by atoms with van der Waals surface area (Å²) in [5.74, 6) is -2.19. The van der Waals surface area contributed by atoms with E-state index < -0.39 is 22.8 Å². The molecule has 0 spiro atoms. The fourth-order valence-corrected chi connectivity index (χ4v) is 3.91. The molecule has 1 saturated heterocycles. The molecule has 0 aliphatic carbocycles. The molecule has 0 saturated carbocycles. The van der Waals surface area contributed by atoms with Gasteiger partial charge in [0.2, 0.25) is 0 Å². The summed E-state index contributed by atoms with van der Waals surface area (Å²) in [7, 11) is 0. The predicted octanol–water partition coefficient (Wildman–Crippen LogP) is 2.62. The first-order chi connectivity index (χ1) is 11.9. The number of hydrogen-bond acceptors (Lipinski definition) is 3. The predicted molar refractivity (Wildman–Crippen MR) is 93.2 cm³/mol. The Balaban J connectivity index is 2.05. The van der Waals surface area contributed by atoms with Gasteiger partial charge in [0.05, 0.1) is 5.41 Å². The van der Waals surface area contributed by atoms with Crippen molar-refractivity contribution in [2.45, 2.75) is 18.9 Å². The molecule has 1 aliphatic rings. The van der Waals surface area contributed by atoms with Crippen LogP contribution in [0.5, 0.6) is 0 Å². The Morgan fingerprint density at radius 1 is 0.920 bits per heavy atom. The van der Waals surface area contributed by atoms with Gasteiger partial charge in [-0.1, -0.05) is 60.7 Å². The number of nitrogens with zero attached hydrogens (tertiary/aromatic N) is 1. The van der Waals surface area contributed by atoms with Crippen LogP contribution in [0.15, 0.2) is 60.7 Å². The Hall–Kier alpha value is -2.66. The van der Waals surface area contributed by atoms with E-state index in [0.29, 0.717) is 12.1 Å². The van der Waals surface area contributed by atoms with Gasteiger partial charge in [-0.3, -0.25) is 14.5 Å². The molecule has 2 aromatic carbocycles.